The van der Waals surface area contributed by atoms with Crippen LogP contribution in [0.3, 0.4) is 0 Å². The molecule has 0 saturated heterocycles. The van der Waals surface area contributed by atoms with Gasteiger partial charge in [0.15, 0.2) is 0 Å². The van der Waals surface area contributed by atoms with E-state index in [2.05, 4.69) is 0 Å². The maximum atomic E-state index is 12.9. The molecule has 0 radical (unpaired) electrons. The Labute approximate surface area is 179 Å². The first-order chi connectivity index (χ1) is 14.7. The van der Waals surface area contributed by atoms with Crippen molar-refractivity contribution < 1.29 is 30.5 Å². The third-order valence-corrected chi connectivity index (χ3v) is 5.89. The van der Waals surface area contributed by atoms with E-state index in [1.807, 2.05) is 13.0 Å². The molecule has 3 aromatic carbocycles. The number of ether oxygens (including phenoxy) is 1. The smallest absolute Gasteiger partial charge is 0.366 e. The minimum atomic E-state index is -4.43. The number of aryl methyl sites for hydroxylation is 1. The lowest BCUT2D eigenvalue weighted by Crippen LogP contribution is -2.15. The van der Waals surface area contributed by atoms with E-state index in [4.69, 9.17) is 8.92 Å². The molecule has 0 N–H and O–H groups in total. The fourth-order valence-corrected chi connectivity index (χ4v) is 3.84. The van der Waals surface area contributed by atoms with E-state index in [0.717, 1.165) is 23.3 Å². The van der Waals surface area contributed by atoms with E-state index in [0.29, 0.717) is 5.56 Å². The summed E-state index contributed by atoms with van der Waals surface area (Å²) < 4.78 is 74.0. The number of alkyl halides is 3. The first-order valence-corrected chi connectivity index (χ1v) is 10.9. The second-order valence-electron chi connectivity index (χ2n) is 6.87. The summed E-state index contributed by atoms with van der Waals surface area (Å²) in [6.45, 7) is 1.53. The van der Waals surface area contributed by atoms with Crippen LogP contribution < -0.4 is 0 Å². The number of rotatable bonds is 8. The summed E-state index contributed by atoms with van der Waals surface area (Å²) >= 11 is 0. The Morgan fingerprint density at radius 1 is 0.806 bits per heavy atom. The zero-order chi connectivity index (χ0) is 22.5. The van der Waals surface area contributed by atoms with Crippen LogP contribution in [-0.2, 0) is 25.2 Å². The molecular formula is C23H21F3O4S. The van der Waals surface area contributed by atoms with Crippen LogP contribution in [0.4, 0.5) is 13.2 Å². The van der Waals surface area contributed by atoms with E-state index in [1.165, 1.54) is 24.3 Å². The fourth-order valence-electron chi connectivity index (χ4n) is 2.94. The van der Waals surface area contributed by atoms with Crippen LogP contribution in [0.25, 0.3) is 0 Å². The SMILES string of the molecule is Cc1ccc(S(=O)(=O)OCCOC(c2ccccc2)c2ccc(C(F)(F)F)cc2)cc1. The second-order valence-corrected chi connectivity index (χ2v) is 8.49. The van der Waals surface area contributed by atoms with Crippen molar-refractivity contribution in [3.63, 3.8) is 0 Å². The van der Waals surface area contributed by atoms with Gasteiger partial charge in [-0.05, 0) is 42.3 Å². The number of halogens is 3. The predicted octanol–water partition coefficient (Wildman–Crippen LogP) is 5.53. The molecule has 0 spiro atoms. The largest absolute Gasteiger partial charge is 0.416 e. The summed E-state index contributed by atoms with van der Waals surface area (Å²) in [4.78, 5) is 0.0421. The van der Waals surface area contributed by atoms with Crippen molar-refractivity contribution in [2.75, 3.05) is 13.2 Å². The Balaban J connectivity index is 1.69. The van der Waals surface area contributed by atoms with Gasteiger partial charge in [0.25, 0.3) is 10.1 Å². The van der Waals surface area contributed by atoms with Crippen LogP contribution in [0.2, 0.25) is 0 Å². The Bertz CT molecular complexity index is 1080. The highest BCUT2D eigenvalue weighted by molar-refractivity contribution is 7.86. The van der Waals surface area contributed by atoms with Gasteiger partial charge in [0.1, 0.15) is 6.10 Å². The third kappa shape index (κ3) is 6.16. The molecule has 3 aromatic rings. The van der Waals surface area contributed by atoms with Crippen molar-refractivity contribution >= 4 is 10.1 Å². The molecular weight excluding hydrogens is 429 g/mol. The molecule has 1 unspecified atom stereocenters. The first-order valence-electron chi connectivity index (χ1n) is 9.46. The summed E-state index contributed by atoms with van der Waals surface area (Å²) in [5.74, 6) is 0. The van der Waals surface area contributed by atoms with Gasteiger partial charge in [0.2, 0.25) is 0 Å². The summed E-state index contributed by atoms with van der Waals surface area (Å²) in [6, 6.07) is 19.9. The monoisotopic (exact) mass is 450 g/mol. The van der Waals surface area contributed by atoms with Gasteiger partial charge in [-0.15, -0.1) is 0 Å². The molecule has 0 aromatic heterocycles. The molecule has 31 heavy (non-hydrogen) atoms. The first kappa shape index (κ1) is 23.0. The van der Waals surface area contributed by atoms with E-state index in [9.17, 15) is 21.6 Å². The van der Waals surface area contributed by atoms with Gasteiger partial charge in [0, 0.05) is 0 Å². The molecule has 0 heterocycles. The maximum absolute atomic E-state index is 12.9. The van der Waals surface area contributed by atoms with Crippen LogP contribution in [0.15, 0.2) is 83.8 Å². The maximum Gasteiger partial charge on any atom is 0.416 e. The van der Waals surface area contributed by atoms with E-state index in [-0.39, 0.29) is 18.1 Å². The molecule has 0 fully saturated rings. The second kappa shape index (κ2) is 9.64. The molecule has 0 aliphatic carbocycles. The van der Waals surface area contributed by atoms with Crippen LogP contribution in [0.5, 0.6) is 0 Å². The Morgan fingerprint density at radius 2 is 1.39 bits per heavy atom. The van der Waals surface area contributed by atoms with Gasteiger partial charge in [-0.3, -0.25) is 4.18 Å². The average Bonchev–Trinajstić information content (AvgIpc) is 2.74. The summed E-state index contributed by atoms with van der Waals surface area (Å²) in [5.41, 5.74) is 1.41. The zero-order valence-electron chi connectivity index (χ0n) is 16.7. The molecule has 164 valence electrons. The molecule has 8 heteroatoms. The van der Waals surface area contributed by atoms with Crippen molar-refractivity contribution in [3.05, 3.63) is 101 Å². The fraction of sp³-hybridized carbons (Fsp3) is 0.217. The molecule has 0 saturated carbocycles. The van der Waals surface area contributed by atoms with E-state index in [1.54, 1.807) is 36.4 Å². The van der Waals surface area contributed by atoms with Crippen molar-refractivity contribution in [1.29, 1.82) is 0 Å². The number of hydrogen-bond acceptors (Lipinski definition) is 4. The van der Waals surface area contributed by atoms with E-state index < -0.39 is 28.0 Å². The lowest BCUT2D eigenvalue weighted by molar-refractivity contribution is -0.137. The van der Waals surface area contributed by atoms with Crippen LogP contribution in [0, 0.1) is 6.92 Å². The minimum absolute atomic E-state index is 0.0421. The van der Waals surface area contributed by atoms with Gasteiger partial charge in [0.05, 0.1) is 23.7 Å². The molecule has 0 aliphatic heterocycles. The minimum Gasteiger partial charge on any atom is -0.366 e. The standard InChI is InChI=1S/C23H21F3O4S/c1-17-7-13-21(14-8-17)31(27,28)30-16-15-29-22(18-5-3-2-4-6-18)19-9-11-20(12-10-19)23(24,25)26/h2-14,22H,15-16H2,1H3. The van der Waals surface area contributed by atoms with Crippen LogP contribution in [0.1, 0.15) is 28.4 Å². The summed E-state index contributed by atoms with van der Waals surface area (Å²) in [6.07, 6.45) is -5.10. The van der Waals surface area contributed by atoms with Gasteiger partial charge < -0.3 is 4.74 Å². The van der Waals surface area contributed by atoms with Gasteiger partial charge in [-0.2, -0.15) is 21.6 Å². The predicted molar refractivity (Wildman–Crippen MR) is 110 cm³/mol. The van der Waals surface area contributed by atoms with Crippen molar-refractivity contribution in [1.82, 2.24) is 0 Å². The Hall–Kier alpha value is -2.68. The third-order valence-electron chi connectivity index (χ3n) is 4.56. The molecule has 0 bridgehead atoms. The number of benzene rings is 3. The van der Waals surface area contributed by atoms with Crippen molar-refractivity contribution in [3.8, 4) is 0 Å². The Kier molecular flexibility index (Phi) is 7.15. The van der Waals surface area contributed by atoms with Crippen molar-refractivity contribution in [2.45, 2.75) is 24.1 Å². The van der Waals surface area contributed by atoms with Gasteiger partial charge >= 0.3 is 6.18 Å². The molecule has 1 atom stereocenters. The highest BCUT2D eigenvalue weighted by atomic mass is 32.2. The summed E-state index contributed by atoms with van der Waals surface area (Å²) in [7, 11) is -3.93. The highest BCUT2D eigenvalue weighted by Crippen LogP contribution is 2.32. The van der Waals surface area contributed by atoms with Gasteiger partial charge in [-0.25, -0.2) is 0 Å². The van der Waals surface area contributed by atoms with Gasteiger partial charge in [-0.1, -0.05) is 60.2 Å². The molecule has 0 aliphatic rings. The molecule has 4 nitrogen and oxygen atoms in total. The van der Waals surface area contributed by atoms with E-state index >= 15 is 0 Å². The molecule has 3 rings (SSSR count). The van der Waals surface area contributed by atoms with Crippen LogP contribution >= 0.6 is 0 Å². The topological polar surface area (TPSA) is 52.6 Å². The molecule has 0 amide bonds. The van der Waals surface area contributed by atoms with Crippen molar-refractivity contribution in [2.24, 2.45) is 0 Å². The average molecular weight is 450 g/mol. The normalized spacial score (nSPS) is 13.2. The van der Waals surface area contributed by atoms with Crippen LogP contribution in [-0.4, -0.2) is 21.6 Å². The lowest BCUT2D eigenvalue weighted by atomic mass is 10.00. The quantitative estimate of drug-likeness (QED) is 0.335. The highest BCUT2D eigenvalue weighted by Gasteiger charge is 2.30. The lowest BCUT2D eigenvalue weighted by Gasteiger charge is -2.19. The summed E-state index contributed by atoms with van der Waals surface area (Å²) in [5, 5.41) is 0. The Morgan fingerprint density at radius 3 is 1.97 bits per heavy atom. The zero-order valence-corrected chi connectivity index (χ0v) is 17.5. The number of hydrogen-bond donors (Lipinski definition) is 0.